The molecule has 0 aromatic rings. The third-order valence-corrected chi connectivity index (χ3v) is 4.68. The van der Waals surface area contributed by atoms with Crippen molar-refractivity contribution in [1.82, 2.24) is 0 Å². The molecule has 15 heavy (non-hydrogen) atoms. The second-order valence-corrected chi connectivity index (χ2v) is 5.16. The predicted octanol–water partition coefficient (Wildman–Crippen LogP) is 1.47. The highest BCUT2D eigenvalue weighted by Gasteiger charge is 2.62. The van der Waals surface area contributed by atoms with Crippen LogP contribution < -0.4 is 0 Å². The number of fused-ring (bicyclic) bond motifs is 5. The smallest absolute Gasteiger partial charge is 0.309 e. The van der Waals surface area contributed by atoms with Crippen molar-refractivity contribution in [2.75, 3.05) is 13.2 Å². The van der Waals surface area contributed by atoms with Gasteiger partial charge in [0.05, 0.1) is 18.6 Å². The zero-order valence-electron chi connectivity index (χ0n) is 9.31. The van der Waals surface area contributed by atoms with Crippen molar-refractivity contribution < 1.29 is 14.3 Å². The van der Waals surface area contributed by atoms with Crippen molar-refractivity contribution in [3.63, 3.8) is 0 Å². The predicted molar refractivity (Wildman–Crippen MR) is 54.1 cm³/mol. The van der Waals surface area contributed by atoms with E-state index in [-0.39, 0.29) is 11.9 Å². The molecule has 1 heterocycles. The maximum Gasteiger partial charge on any atom is 0.309 e. The number of hydrogen-bond donors (Lipinski definition) is 0. The first-order valence-corrected chi connectivity index (χ1v) is 6.02. The Morgan fingerprint density at radius 1 is 1.40 bits per heavy atom. The molecular weight excluding hydrogens is 192 g/mol. The molecule has 0 spiro atoms. The summed E-state index contributed by atoms with van der Waals surface area (Å²) in [5.74, 6) is 2.37. The average molecular weight is 210 g/mol. The normalized spacial score (nSPS) is 52.0. The summed E-state index contributed by atoms with van der Waals surface area (Å²) in [7, 11) is 0. The largest absolute Gasteiger partial charge is 0.465 e. The number of cyclic esters (lactones) is 1. The second kappa shape index (κ2) is 3.21. The van der Waals surface area contributed by atoms with Gasteiger partial charge in [-0.25, -0.2) is 0 Å². The van der Waals surface area contributed by atoms with Crippen LogP contribution in [0.3, 0.4) is 0 Å². The van der Waals surface area contributed by atoms with Gasteiger partial charge < -0.3 is 9.47 Å². The van der Waals surface area contributed by atoms with Crippen molar-refractivity contribution in [2.24, 2.45) is 29.6 Å². The van der Waals surface area contributed by atoms with E-state index in [2.05, 4.69) is 6.92 Å². The van der Waals surface area contributed by atoms with Gasteiger partial charge in [-0.2, -0.15) is 0 Å². The zero-order chi connectivity index (χ0) is 10.6. The van der Waals surface area contributed by atoms with Crippen molar-refractivity contribution >= 4 is 5.97 Å². The first-order chi connectivity index (χ1) is 7.24. The topological polar surface area (TPSA) is 35.5 Å². The third kappa shape index (κ3) is 1.13. The van der Waals surface area contributed by atoms with Gasteiger partial charge in [-0.15, -0.1) is 0 Å². The van der Waals surface area contributed by atoms with E-state index in [1.807, 2.05) is 6.92 Å². The molecule has 0 N–H and O–H groups in total. The van der Waals surface area contributed by atoms with E-state index in [1.165, 1.54) is 6.42 Å². The van der Waals surface area contributed by atoms with Gasteiger partial charge in [0.25, 0.3) is 0 Å². The lowest BCUT2D eigenvalue weighted by Gasteiger charge is -2.33. The number of hydrogen-bond acceptors (Lipinski definition) is 3. The molecule has 2 saturated carbocycles. The Labute approximate surface area is 90.1 Å². The monoisotopic (exact) mass is 210 g/mol. The standard InChI is InChI=1S/C12H18O3/c1-3-14-11-6(2)7-4-8(11)10-9(7)5-15-12(10)13/h6-11H,3-5H2,1-2H3/t6-,7?,8?,9?,10?,11?/m1/s1. The minimum absolute atomic E-state index is 0.0316. The van der Waals surface area contributed by atoms with Crippen LogP contribution in [0.4, 0.5) is 0 Å². The summed E-state index contributed by atoms with van der Waals surface area (Å²) < 4.78 is 11.0. The van der Waals surface area contributed by atoms with Crippen LogP contribution in [-0.2, 0) is 14.3 Å². The van der Waals surface area contributed by atoms with Crippen LogP contribution in [0.5, 0.6) is 0 Å². The maximum absolute atomic E-state index is 11.6. The van der Waals surface area contributed by atoms with Gasteiger partial charge in [-0.1, -0.05) is 6.92 Å². The third-order valence-electron chi connectivity index (χ3n) is 4.68. The van der Waals surface area contributed by atoms with E-state index in [1.54, 1.807) is 0 Å². The number of carbonyl (C=O) groups is 1. The summed E-state index contributed by atoms with van der Waals surface area (Å²) in [6.45, 7) is 5.71. The summed E-state index contributed by atoms with van der Waals surface area (Å²) in [5, 5.41) is 0. The Kier molecular flexibility index (Phi) is 2.06. The molecule has 5 unspecified atom stereocenters. The SMILES string of the molecule is CCOC1C2CC(C3COC(=O)C32)[C@H]1C. The van der Waals surface area contributed by atoms with Gasteiger partial charge in [0.15, 0.2) is 0 Å². The Balaban J connectivity index is 1.85. The Hall–Kier alpha value is -0.570. The molecule has 0 aromatic heterocycles. The first-order valence-electron chi connectivity index (χ1n) is 6.02. The van der Waals surface area contributed by atoms with Crippen molar-refractivity contribution in [1.29, 1.82) is 0 Å². The summed E-state index contributed by atoms with van der Waals surface area (Å²) in [5.41, 5.74) is 0. The molecule has 2 aliphatic carbocycles. The van der Waals surface area contributed by atoms with E-state index in [9.17, 15) is 4.79 Å². The van der Waals surface area contributed by atoms with E-state index < -0.39 is 0 Å². The highest BCUT2D eigenvalue weighted by atomic mass is 16.5. The lowest BCUT2D eigenvalue weighted by Crippen LogP contribution is -2.39. The first kappa shape index (κ1) is 9.64. The Morgan fingerprint density at radius 3 is 2.93 bits per heavy atom. The molecule has 84 valence electrons. The van der Waals surface area contributed by atoms with Gasteiger partial charge >= 0.3 is 5.97 Å². The summed E-state index contributed by atoms with van der Waals surface area (Å²) >= 11 is 0. The molecule has 6 atom stereocenters. The van der Waals surface area contributed by atoms with E-state index in [4.69, 9.17) is 9.47 Å². The fraction of sp³-hybridized carbons (Fsp3) is 0.917. The number of rotatable bonds is 2. The van der Waals surface area contributed by atoms with Gasteiger partial charge in [0.1, 0.15) is 0 Å². The maximum atomic E-state index is 11.6. The quantitative estimate of drug-likeness (QED) is 0.647. The van der Waals surface area contributed by atoms with Crippen LogP contribution in [0.2, 0.25) is 0 Å². The van der Waals surface area contributed by atoms with Crippen molar-refractivity contribution in [3.05, 3.63) is 0 Å². The fourth-order valence-electron chi connectivity index (χ4n) is 4.12. The van der Waals surface area contributed by atoms with Gasteiger partial charge in [-0.3, -0.25) is 4.79 Å². The lowest BCUT2D eigenvalue weighted by molar-refractivity contribution is -0.144. The minimum atomic E-state index is 0.0316. The zero-order valence-corrected chi connectivity index (χ0v) is 9.31. The molecule has 2 bridgehead atoms. The second-order valence-electron chi connectivity index (χ2n) is 5.16. The Morgan fingerprint density at radius 2 is 2.20 bits per heavy atom. The van der Waals surface area contributed by atoms with Crippen molar-refractivity contribution in [3.8, 4) is 0 Å². The van der Waals surface area contributed by atoms with Gasteiger partial charge in [0.2, 0.25) is 0 Å². The van der Waals surface area contributed by atoms with Gasteiger partial charge in [-0.05, 0) is 31.1 Å². The molecule has 3 rings (SSSR count). The molecule has 3 aliphatic rings. The molecule has 0 amide bonds. The van der Waals surface area contributed by atoms with E-state index in [0.717, 1.165) is 6.61 Å². The number of carbonyl (C=O) groups excluding carboxylic acids is 1. The summed E-state index contributed by atoms with van der Waals surface area (Å²) in [6.07, 6.45) is 1.47. The molecule has 3 nitrogen and oxygen atoms in total. The summed E-state index contributed by atoms with van der Waals surface area (Å²) in [4.78, 5) is 11.6. The van der Waals surface area contributed by atoms with Crippen LogP contribution in [0.15, 0.2) is 0 Å². The van der Waals surface area contributed by atoms with E-state index >= 15 is 0 Å². The molecule has 1 aliphatic heterocycles. The van der Waals surface area contributed by atoms with E-state index in [0.29, 0.717) is 36.4 Å². The van der Waals surface area contributed by atoms with Crippen LogP contribution in [0, 0.1) is 29.6 Å². The molecule has 3 heteroatoms. The van der Waals surface area contributed by atoms with Crippen LogP contribution in [0.25, 0.3) is 0 Å². The number of esters is 1. The highest BCUT2D eigenvalue weighted by Crippen LogP contribution is 2.58. The molecule has 1 saturated heterocycles. The van der Waals surface area contributed by atoms with Crippen LogP contribution in [0.1, 0.15) is 20.3 Å². The summed E-state index contributed by atoms with van der Waals surface area (Å²) in [6, 6.07) is 0. The fourth-order valence-corrected chi connectivity index (χ4v) is 4.12. The van der Waals surface area contributed by atoms with Crippen LogP contribution >= 0.6 is 0 Å². The molecular formula is C12H18O3. The van der Waals surface area contributed by atoms with Gasteiger partial charge in [0, 0.05) is 12.5 Å². The molecule has 0 aromatic carbocycles. The molecule has 3 fully saturated rings. The minimum Gasteiger partial charge on any atom is -0.465 e. The molecule has 0 radical (unpaired) electrons. The van der Waals surface area contributed by atoms with Crippen molar-refractivity contribution in [2.45, 2.75) is 26.4 Å². The Bertz CT molecular complexity index is 289. The van der Waals surface area contributed by atoms with Crippen LogP contribution in [-0.4, -0.2) is 25.3 Å². The average Bonchev–Trinajstić information content (AvgIpc) is 2.82. The lowest BCUT2D eigenvalue weighted by atomic mass is 9.74. The number of ether oxygens (including phenoxy) is 2. The highest BCUT2D eigenvalue weighted by molar-refractivity contribution is 5.76.